The second-order valence-corrected chi connectivity index (χ2v) is 4.65. The number of hydrogen-bond donors (Lipinski definition) is 2. The van der Waals surface area contributed by atoms with Crippen LogP contribution in [-0.2, 0) is 14.3 Å². The number of aliphatic carboxylic acids is 1. The average molecular weight is 231 g/mol. The maximum Gasteiger partial charge on any atom is 0.318 e. The first-order chi connectivity index (χ1) is 7.28. The predicted molar refractivity (Wildman–Crippen MR) is 60.1 cm³/mol. The van der Waals surface area contributed by atoms with E-state index in [9.17, 15) is 9.59 Å². The highest BCUT2D eigenvalue weighted by molar-refractivity contribution is 6.00. The van der Waals surface area contributed by atoms with Crippen LogP contribution in [-0.4, -0.2) is 36.7 Å². The summed E-state index contributed by atoms with van der Waals surface area (Å²) in [6.45, 7) is 8.19. The first-order valence-electron chi connectivity index (χ1n) is 5.38. The number of nitrogens with one attached hydrogen (secondary N) is 1. The normalized spacial score (nSPS) is 11.6. The Labute approximate surface area is 96.2 Å². The molecule has 0 bridgehead atoms. The van der Waals surface area contributed by atoms with E-state index in [1.165, 1.54) is 13.8 Å². The molecule has 0 spiro atoms. The molecule has 0 atom stereocenters. The van der Waals surface area contributed by atoms with E-state index in [0.29, 0.717) is 25.7 Å². The molecule has 0 aliphatic carbocycles. The highest BCUT2D eigenvalue weighted by Gasteiger charge is 2.35. The van der Waals surface area contributed by atoms with Crippen LogP contribution in [0.4, 0.5) is 0 Å². The zero-order valence-corrected chi connectivity index (χ0v) is 10.4. The van der Waals surface area contributed by atoms with Crippen molar-refractivity contribution < 1.29 is 19.4 Å². The van der Waals surface area contributed by atoms with Crippen LogP contribution in [0.2, 0.25) is 0 Å². The fourth-order valence-corrected chi connectivity index (χ4v) is 0.874. The summed E-state index contributed by atoms with van der Waals surface area (Å²) in [7, 11) is 0. The van der Waals surface area contributed by atoms with Gasteiger partial charge in [-0.3, -0.25) is 9.59 Å². The van der Waals surface area contributed by atoms with Crippen molar-refractivity contribution in [2.75, 3.05) is 19.8 Å². The van der Waals surface area contributed by atoms with Gasteiger partial charge in [0, 0.05) is 13.2 Å². The number of carbonyl (C=O) groups is 2. The molecule has 0 aliphatic rings. The molecule has 5 nitrogen and oxygen atoms in total. The molecule has 0 fully saturated rings. The van der Waals surface area contributed by atoms with Crippen LogP contribution >= 0.6 is 0 Å². The Bertz CT molecular complexity index is 248. The van der Waals surface area contributed by atoms with Crippen LogP contribution in [0.3, 0.4) is 0 Å². The van der Waals surface area contributed by atoms with Gasteiger partial charge in [-0.25, -0.2) is 0 Å². The van der Waals surface area contributed by atoms with E-state index < -0.39 is 17.3 Å². The highest BCUT2D eigenvalue weighted by atomic mass is 16.5. The molecule has 16 heavy (non-hydrogen) atoms. The molecule has 0 aromatic rings. The average Bonchev–Trinajstić information content (AvgIpc) is 2.16. The van der Waals surface area contributed by atoms with Gasteiger partial charge in [0.15, 0.2) is 0 Å². The van der Waals surface area contributed by atoms with Crippen LogP contribution in [0.5, 0.6) is 0 Å². The summed E-state index contributed by atoms with van der Waals surface area (Å²) in [5, 5.41) is 11.3. The molecule has 5 heteroatoms. The summed E-state index contributed by atoms with van der Waals surface area (Å²) in [6.07, 6.45) is 0. The number of carboxylic acids is 1. The summed E-state index contributed by atoms with van der Waals surface area (Å²) >= 11 is 0. The van der Waals surface area contributed by atoms with Crippen LogP contribution in [0.15, 0.2) is 0 Å². The Morgan fingerprint density at radius 3 is 2.38 bits per heavy atom. The van der Waals surface area contributed by atoms with Gasteiger partial charge in [-0.05, 0) is 19.8 Å². The van der Waals surface area contributed by atoms with E-state index >= 15 is 0 Å². The summed E-state index contributed by atoms with van der Waals surface area (Å²) in [4.78, 5) is 22.2. The number of ether oxygens (including phenoxy) is 1. The monoisotopic (exact) mass is 231 g/mol. The Kier molecular flexibility index (Phi) is 6.03. The van der Waals surface area contributed by atoms with Crippen molar-refractivity contribution >= 4 is 11.9 Å². The molecule has 94 valence electrons. The Morgan fingerprint density at radius 2 is 1.94 bits per heavy atom. The van der Waals surface area contributed by atoms with E-state index in [1.54, 1.807) is 0 Å². The molecule has 0 unspecified atom stereocenters. The smallest absolute Gasteiger partial charge is 0.318 e. The SMILES string of the molecule is CC(C)COCCNC(=O)C(C)(C)C(=O)O. The maximum absolute atomic E-state index is 11.5. The van der Waals surface area contributed by atoms with Crippen molar-refractivity contribution in [3.63, 3.8) is 0 Å². The van der Waals surface area contributed by atoms with Crippen LogP contribution in [0, 0.1) is 11.3 Å². The minimum absolute atomic E-state index is 0.336. The Hall–Kier alpha value is -1.10. The molecule has 0 aromatic heterocycles. The van der Waals surface area contributed by atoms with Crippen LogP contribution < -0.4 is 5.32 Å². The van der Waals surface area contributed by atoms with Gasteiger partial charge in [0.05, 0.1) is 6.61 Å². The van der Waals surface area contributed by atoms with Crippen LogP contribution in [0.25, 0.3) is 0 Å². The molecular formula is C11H21NO4. The molecule has 0 heterocycles. The lowest BCUT2D eigenvalue weighted by Gasteiger charge is -2.18. The summed E-state index contributed by atoms with van der Waals surface area (Å²) in [6, 6.07) is 0. The number of carboxylic acid groups (broad SMARTS) is 1. The van der Waals surface area contributed by atoms with Gasteiger partial charge in [-0.2, -0.15) is 0 Å². The van der Waals surface area contributed by atoms with Gasteiger partial charge in [-0.1, -0.05) is 13.8 Å². The van der Waals surface area contributed by atoms with Gasteiger partial charge < -0.3 is 15.2 Å². The molecule has 0 saturated heterocycles. The summed E-state index contributed by atoms with van der Waals surface area (Å²) in [5.41, 5.74) is -1.39. The zero-order valence-electron chi connectivity index (χ0n) is 10.4. The molecule has 0 saturated carbocycles. The lowest BCUT2D eigenvalue weighted by molar-refractivity contribution is -0.153. The minimum atomic E-state index is -1.39. The lowest BCUT2D eigenvalue weighted by atomic mass is 9.93. The molecule has 0 radical (unpaired) electrons. The summed E-state index contributed by atoms with van der Waals surface area (Å²) in [5.74, 6) is -1.17. The van der Waals surface area contributed by atoms with Crippen molar-refractivity contribution in [3.8, 4) is 0 Å². The van der Waals surface area contributed by atoms with E-state index in [2.05, 4.69) is 5.32 Å². The van der Waals surface area contributed by atoms with Gasteiger partial charge in [0.1, 0.15) is 5.41 Å². The second-order valence-electron chi connectivity index (χ2n) is 4.65. The van der Waals surface area contributed by atoms with Crippen LogP contribution in [0.1, 0.15) is 27.7 Å². The number of amides is 1. The Balaban J connectivity index is 3.78. The van der Waals surface area contributed by atoms with E-state index in [1.807, 2.05) is 13.8 Å². The predicted octanol–water partition coefficient (Wildman–Crippen LogP) is 0.886. The second kappa shape index (κ2) is 6.48. The van der Waals surface area contributed by atoms with E-state index in [-0.39, 0.29) is 0 Å². The van der Waals surface area contributed by atoms with E-state index in [0.717, 1.165) is 0 Å². The quantitative estimate of drug-likeness (QED) is 0.504. The molecule has 0 aromatic carbocycles. The standard InChI is InChI=1S/C11H21NO4/c1-8(2)7-16-6-5-12-9(13)11(3,4)10(14)15/h8H,5-7H2,1-4H3,(H,12,13)(H,14,15). The van der Waals surface area contributed by atoms with Gasteiger partial charge in [0.25, 0.3) is 0 Å². The van der Waals surface area contributed by atoms with E-state index in [4.69, 9.17) is 9.84 Å². The number of carbonyl (C=O) groups excluding carboxylic acids is 1. The molecule has 0 aliphatic heterocycles. The van der Waals surface area contributed by atoms with Crippen molar-refractivity contribution in [2.24, 2.45) is 11.3 Å². The summed E-state index contributed by atoms with van der Waals surface area (Å²) < 4.78 is 5.26. The zero-order chi connectivity index (χ0) is 12.8. The van der Waals surface area contributed by atoms with Crippen molar-refractivity contribution in [1.29, 1.82) is 0 Å². The first kappa shape index (κ1) is 14.9. The lowest BCUT2D eigenvalue weighted by Crippen LogP contribution is -2.43. The third-order valence-electron chi connectivity index (χ3n) is 2.09. The number of hydrogen-bond acceptors (Lipinski definition) is 3. The van der Waals surface area contributed by atoms with Crippen molar-refractivity contribution in [3.05, 3.63) is 0 Å². The number of rotatable bonds is 7. The van der Waals surface area contributed by atoms with Crippen molar-refractivity contribution in [1.82, 2.24) is 5.32 Å². The molecule has 1 amide bonds. The molecular weight excluding hydrogens is 210 g/mol. The van der Waals surface area contributed by atoms with Gasteiger partial charge in [-0.15, -0.1) is 0 Å². The van der Waals surface area contributed by atoms with Gasteiger partial charge >= 0.3 is 5.97 Å². The Morgan fingerprint density at radius 1 is 1.38 bits per heavy atom. The topological polar surface area (TPSA) is 75.6 Å². The third-order valence-corrected chi connectivity index (χ3v) is 2.09. The first-order valence-corrected chi connectivity index (χ1v) is 5.38. The third kappa shape index (κ3) is 5.11. The maximum atomic E-state index is 11.5. The molecule has 2 N–H and O–H groups in total. The van der Waals surface area contributed by atoms with Crippen molar-refractivity contribution in [2.45, 2.75) is 27.7 Å². The minimum Gasteiger partial charge on any atom is -0.480 e. The molecule has 0 rings (SSSR count). The largest absolute Gasteiger partial charge is 0.480 e. The highest BCUT2D eigenvalue weighted by Crippen LogP contribution is 2.14. The van der Waals surface area contributed by atoms with Gasteiger partial charge in [0.2, 0.25) is 5.91 Å². The fraction of sp³-hybridized carbons (Fsp3) is 0.818. The fourth-order valence-electron chi connectivity index (χ4n) is 0.874.